The lowest BCUT2D eigenvalue weighted by Gasteiger charge is -2.20. The Morgan fingerprint density at radius 3 is 2.76 bits per heavy atom. The number of carbonyl (C=O) groups is 1. The summed E-state index contributed by atoms with van der Waals surface area (Å²) in [5.41, 5.74) is 2.03. The number of anilines is 1. The molecule has 0 saturated carbocycles. The second kappa shape index (κ2) is 6.06. The number of amides is 1. The van der Waals surface area contributed by atoms with Crippen LogP contribution in [0.3, 0.4) is 0 Å². The second-order valence-electron chi connectivity index (χ2n) is 4.57. The van der Waals surface area contributed by atoms with Gasteiger partial charge in [0.1, 0.15) is 13.2 Å². The number of alkyl halides is 1. The Labute approximate surface area is 127 Å². The van der Waals surface area contributed by atoms with E-state index in [9.17, 15) is 4.79 Å². The molecule has 1 aliphatic rings. The molecule has 2 aromatic carbocycles. The van der Waals surface area contributed by atoms with Crippen molar-refractivity contribution in [1.82, 2.24) is 0 Å². The molecule has 0 atom stereocenters. The van der Waals surface area contributed by atoms with Crippen molar-refractivity contribution >= 4 is 23.2 Å². The van der Waals surface area contributed by atoms with E-state index >= 15 is 0 Å². The van der Waals surface area contributed by atoms with Crippen molar-refractivity contribution in [2.75, 3.05) is 18.5 Å². The van der Waals surface area contributed by atoms with E-state index in [1.54, 1.807) is 18.2 Å². The van der Waals surface area contributed by atoms with Gasteiger partial charge in [-0.2, -0.15) is 0 Å². The van der Waals surface area contributed by atoms with Crippen molar-refractivity contribution in [2.45, 2.75) is 5.88 Å². The molecule has 1 amide bonds. The average Bonchev–Trinajstić information content (AvgIpc) is 2.54. The maximum Gasteiger partial charge on any atom is 0.259 e. The summed E-state index contributed by atoms with van der Waals surface area (Å²) in [5, 5.41) is 2.87. The molecule has 0 saturated heterocycles. The van der Waals surface area contributed by atoms with Gasteiger partial charge in [-0.3, -0.25) is 4.79 Å². The Kier molecular flexibility index (Phi) is 3.97. The first-order valence-corrected chi connectivity index (χ1v) is 7.17. The minimum atomic E-state index is -0.241. The third-order valence-corrected chi connectivity index (χ3v) is 3.51. The van der Waals surface area contributed by atoms with Gasteiger partial charge < -0.3 is 14.8 Å². The van der Waals surface area contributed by atoms with E-state index in [1.165, 1.54) is 0 Å². The summed E-state index contributed by atoms with van der Waals surface area (Å²) in [5.74, 6) is 1.18. The normalized spacial score (nSPS) is 12.8. The number of fused-ring (bicyclic) bond motifs is 1. The highest BCUT2D eigenvalue weighted by Gasteiger charge is 2.20. The van der Waals surface area contributed by atoms with Crippen LogP contribution in [0.4, 0.5) is 5.69 Å². The van der Waals surface area contributed by atoms with Crippen LogP contribution in [0.25, 0.3) is 0 Å². The topological polar surface area (TPSA) is 47.6 Å². The van der Waals surface area contributed by atoms with Crippen LogP contribution in [0.2, 0.25) is 0 Å². The van der Waals surface area contributed by atoms with Crippen molar-refractivity contribution in [1.29, 1.82) is 0 Å². The van der Waals surface area contributed by atoms with E-state index in [0.29, 0.717) is 41.8 Å². The fourth-order valence-corrected chi connectivity index (χ4v) is 2.43. The zero-order valence-electron chi connectivity index (χ0n) is 11.3. The van der Waals surface area contributed by atoms with E-state index < -0.39 is 0 Å². The molecular weight excluding hydrogens is 290 g/mol. The third-order valence-electron chi connectivity index (χ3n) is 3.22. The SMILES string of the molecule is O=C(Nc1ccccc1CCl)c1cccc2c1OCCO2. The zero-order chi connectivity index (χ0) is 14.7. The van der Waals surface area contributed by atoms with Crippen molar-refractivity contribution in [3.05, 3.63) is 53.6 Å². The standard InChI is InChI=1S/C16H14ClNO3/c17-10-11-4-1-2-6-13(11)18-16(19)12-5-3-7-14-15(12)21-9-8-20-14/h1-7H,8-10H2,(H,18,19). The first-order chi connectivity index (χ1) is 10.3. The van der Waals surface area contributed by atoms with Crippen LogP contribution in [-0.4, -0.2) is 19.1 Å². The van der Waals surface area contributed by atoms with Crippen molar-refractivity contribution in [3.63, 3.8) is 0 Å². The van der Waals surface area contributed by atoms with Crippen LogP contribution >= 0.6 is 11.6 Å². The zero-order valence-corrected chi connectivity index (χ0v) is 12.0. The van der Waals surface area contributed by atoms with Gasteiger partial charge >= 0.3 is 0 Å². The van der Waals surface area contributed by atoms with E-state index in [1.807, 2.05) is 24.3 Å². The van der Waals surface area contributed by atoms with Gasteiger partial charge in [0.25, 0.3) is 5.91 Å². The van der Waals surface area contributed by atoms with Gasteiger partial charge in [-0.1, -0.05) is 24.3 Å². The molecule has 3 rings (SSSR count). The van der Waals surface area contributed by atoms with Gasteiger partial charge in [0, 0.05) is 11.6 Å². The summed E-state index contributed by atoms with van der Waals surface area (Å²) in [7, 11) is 0. The summed E-state index contributed by atoms with van der Waals surface area (Å²) >= 11 is 5.88. The lowest BCUT2D eigenvalue weighted by Crippen LogP contribution is -2.20. The van der Waals surface area contributed by atoms with Crippen LogP contribution in [0.15, 0.2) is 42.5 Å². The number of ether oxygens (including phenoxy) is 2. The molecule has 5 heteroatoms. The number of para-hydroxylation sites is 2. The summed E-state index contributed by atoms with van der Waals surface area (Å²) in [4.78, 5) is 12.5. The van der Waals surface area contributed by atoms with Gasteiger partial charge in [-0.05, 0) is 23.8 Å². The molecule has 0 fully saturated rings. The minimum Gasteiger partial charge on any atom is -0.486 e. The summed E-state index contributed by atoms with van der Waals surface area (Å²) < 4.78 is 11.0. The molecule has 1 heterocycles. The van der Waals surface area contributed by atoms with Crippen LogP contribution < -0.4 is 14.8 Å². The lowest BCUT2D eigenvalue weighted by molar-refractivity contribution is 0.101. The van der Waals surface area contributed by atoms with Gasteiger partial charge in [0.2, 0.25) is 0 Å². The highest BCUT2D eigenvalue weighted by Crippen LogP contribution is 2.34. The first-order valence-electron chi connectivity index (χ1n) is 6.63. The number of benzene rings is 2. The van der Waals surface area contributed by atoms with Gasteiger partial charge in [-0.15, -0.1) is 11.6 Å². The Bertz CT molecular complexity index is 672. The summed E-state index contributed by atoms with van der Waals surface area (Å²) in [6, 6.07) is 12.7. The summed E-state index contributed by atoms with van der Waals surface area (Å²) in [6.45, 7) is 0.933. The highest BCUT2D eigenvalue weighted by atomic mass is 35.5. The van der Waals surface area contributed by atoms with Crippen molar-refractivity contribution < 1.29 is 14.3 Å². The largest absolute Gasteiger partial charge is 0.486 e. The highest BCUT2D eigenvalue weighted by molar-refractivity contribution is 6.17. The quantitative estimate of drug-likeness (QED) is 0.884. The molecule has 0 radical (unpaired) electrons. The predicted octanol–water partition coefficient (Wildman–Crippen LogP) is 3.45. The monoisotopic (exact) mass is 303 g/mol. The predicted molar refractivity (Wildman–Crippen MR) is 81.4 cm³/mol. The fraction of sp³-hybridized carbons (Fsp3) is 0.188. The van der Waals surface area contributed by atoms with Gasteiger partial charge in [0.05, 0.1) is 5.56 Å². The number of nitrogens with one attached hydrogen (secondary N) is 1. The van der Waals surface area contributed by atoms with E-state index in [0.717, 1.165) is 5.56 Å². The second-order valence-corrected chi connectivity index (χ2v) is 4.84. The van der Waals surface area contributed by atoms with E-state index in [2.05, 4.69) is 5.32 Å². The number of halogens is 1. The molecule has 0 aromatic heterocycles. The molecule has 0 bridgehead atoms. The van der Waals surface area contributed by atoms with Gasteiger partial charge in [0.15, 0.2) is 11.5 Å². The molecule has 4 nitrogen and oxygen atoms in total. The number of hydrogen-bond acceptors (Lipinski definition) is 3. The van der Waals surface area contributed by atoms with Crippen LogP contribution in [0, 0.1) is 0 Å². The smallest absolute Gasteiger partial charge is 0.259 e. The molecule has 0 unspecified atom stereocenters. The third kappa shape index (κ3) is 2.81. The Morgan fingerprint density at radius 2 is 1.90 bits per heavy atom. The van der Waals surface area contributed by atoms with Gasteiger partial charge in [-0.25, -0.2) is 0 Å². The van der Waals surface area contributed by atoms with Crippen molar-refractivity contribution in [2.24, 2.45) is 0 Å². The van der Waals surface area contributed by atoms with Crippen molar-refractivity contribution in [3.8, 4) is 11.5 Å². The fourth-order valence-electron chi connectivity index (χ4n) is 2.20. The molecule has 21 heavy (non-hydrogen) atoms. The number of carbonyl (C=O) groups excluding carboxylic acids is 1. The number of hydrogen-bond donors (Lipinski definition) is 1. The first kappa shape index (κ1) is 13.8. The molecule has 1 N–H and O–H groups in total. The van der Waals surface area contributed by atoms with E-state index in [4.69, 9.17) is 21.1 Å². The Hall–Kier alpha value is -2.20. The van der Waals surface area contributed by atoms with E-state index in [-0.39, 0.29) is 5.91 Å². The molecule has 108 valence electrons. The van der Waals surface area contributed by atoms with Crippen LogP contribution in [0.1, 0.15) is 15.9 Å². The minimum absolute atomic E-state index is 0.241. The van der Waals surface area contributed by atoms with Crippen LogP contribution in [-0.2, 0) is 5.88 Å². The average molecular weight is 304 g/mol. The molecule has 1 aliphatic heterocycles. The number of rotatable bonds is 3. The van der Waals surface area contributed by atoms with Crippen LogP contribution in [0.5, 0.6) is 11.5 Å². The maximum absolute atomic E-state index is 12.5. The Morgan fingerprint density at radius 1 is 1.10 bits per heavy atom. The molecule has 2 aromatic rings. The lowest BCUT2D eigenvalue weighted by atomic mass is 10.1. The molecule has 0 spiro atoms. The Balaban J connectivity index is 1.89. The molecular formula is C16H14ClNO3. The summed E-state index contributed by atoms with van der Waals surface area (Å²) in [6.07, 6.45) is 0. The molecule has 0 aliphatic carbocycles. The maximum atomic E-state index is 12.5.